The summed E-state index contributed by atoms with van der Waals surface area (Å²) in [5.74, 6) is 0.679. The minimum absolute atomic E-state index is 0.0484. The molecule has 0 saturated heterocycles. The smallest absolute Gasteiger partial charge is 0.161 e. The van der Waals surface area contributed by atoms with E-state index in [-0.39, 0.29) is 5.41 Å². The number of hydrogen-bond donors (Lipinski definition) is 0. The molecule has 2 heterocycles. The van der Waals surface area contributed by atoms with Gasteiger partial charge in [-0.25, -0.2) is 9.97 Å². The first-order valence-electron chi connectivity index (χ1n) is 15.7. The molecular formula is C43H30N2O. The fraction of sp³-hybridized carbons (Fsp3) is 0.0698. The van der Waals surface area contributed by atoms with E-state index in [9.17, 15) is 0 Å². The molecule has 8 aromatic rings. The fourth-order valence-electron chi connectivity index (χ4n) is 7.16. The summed E-state index contributed by atoms with van der Waals surface area (Å²) in [6.45, 7) is 4.65. The van der Waals surface area contributed by atoms with Crippen molar-refractivity contribution in [3.8, 4) is 56.2 Å². The van der Waals surface area contributed by atoms with Gasteiger partial charge in [0.05, 0.1) is 11.4 Å². The summed E-state index contributed by atoms with van der Waals surface area (Å²) in [5, 5.41) is 2.08. The van der Waals surface area contributed by atoms with E-state index in [2.05, 4.69) is 111 Å². The molecule has 3 heteroatoms. The summed E-state index contributed by atoms with van der Waals surface area (Å²) in [6, 6.07) is 51.1. The van der Waals surface area contributed by atoms with Gasteiger partial charge in [-0.2, -0.15) is 0 Å². The zero-order valence-corrected chi connectivity index (χ0v) is 25.7. The third kappa shape index (κ3) is 4.13. The number of fused-ring (bicyclic) bond motifs is 6. The summed E-state index contributed by atoms with van der Waals surface area (Å²) >= 11 is 0. The Bertz CT molecular complexity index is 2380. The highest BCUT2D eigenvalue weighted by atomic mass is 16.3. The summed E-state index contributed by atoms with van der Waals surface area (Å²) in [6.07, 6.45) is 0. The van der Waals surface area contributed by atoms with Gasteiger partial charge in [-0.05, 0) is 63.7 Å². The maximum Gasteiger partial charge on any atom is 0.161 e. The minimum Gasteiger partial charge on any atom is -0.456 e. The van der Waals surface area contributed by atoms with Crippen molar-refractivity contribution in [1.29, 1.82) is 0 Å². The van der Waals surface area contributed by atoms with Crippen LogP contribution in [-0.4, -0.2) is 9.97 Å². The monoisotopic (exact) mass is 590 g/mol. The van der Waals surface area contributed by atoms with Crippen LogP contribution in [0, 0.1) is 0 Å². The number of benzene rings is 6. The lowest BCUT2D eigenvalue weighted by atomic mass is 9.81. The number of aromatic nitrogens is 2. The van der Waals surface area contributed by atoms with Gasteiger partial charge in [0.2, 0.25) is 0 Å². The Kier molecular flexibility index (Phi) is 5.85. The molecule has 0 unspecified atom stereocenters. The highest BCUT2D eigenvalue weighted by Crippen LogP contribution is 2.49. The maximum absolute atomic E-state index is 6.54. The number of nitrogens with zero attached hydrogens (tertiary/aromatic N) is 2. The Morgan fingerprint density at radius 3 is 1.80 bits per heavy atom. The van der Waals surface area contributed by atoms with Crippen molar-refractivity contribution in [3.63, 3.8) is 0 Å². The Morgan fingerprint density at radius 1 is 0.457 bits per heavy atom. The Morgan fingerprint density at radius 2 is 1.07 bits per heavy atom. The number of furan rings is 1. The molecule has 0 N–H and O–H groups in total. The molecule has 46 heavy (non-hydrogen) atoms. The first-order chi connectivity index (χ1) is 22.5. The average molecular weight is 591 g/mol. The lowest BCUT2D eigenvalue weighted by Gasteiger charge is -2.22. The van der Waals surface area contributed by atoms with E-state index in [1.54, 1.807) is 0 Å². The van der Waals surface area contributed by atoms with Crippen LogP contribution < -0.4 is 0 Å². The van der Waals surface area contributed by atoms with Gasteiger partial charge in [0.15, 0.2) is 5.82 Å². The van der Waals surface area contributed by atoms with Crippen LogP contribution in [0.4, 0.5) is 0 Å². The van der Waals surface area contributed by atoms with Gasteiger partial charge in [-0.15, -0.1) is 0 Å². The van der Waals surface area contributed by atoms with Gasteiger partial charge in [-0.1, -0.05) is 129 Å². The zero-order valence-electron chi connectivity index (χ0n) is 25.7. The molecule has 0 fully saturated rings. The van der Waals surface area contributed by atoms with E-state index in [0.29, 0.717) is 5.82 Å². The Labute approximate surface area is 267 Å². The van der Waals surface area contributed by atoms with E-state index in [1.165, 1.54) is 27.8 Å². The molecule has 2 aromatic heterocycles. The standard InChI is InChI=1S/C43H30N2O/c1-43(2)35-18-10-9-16-31(35)32-22-20-29(24-36(32)43)30-21-23-33-40(25-30)46-39-19-11-17-34(41(33)39)42-44-37(27-12-5-3-6-13-27)26-38(45-42)28-14-7-4-8-15-28/h3-26H,1-2H3. The molecule has 0 aliphatic heterocycles. The van der Waals surface area contributed by atoms with Gasteiger partial charge < -0.3 is 4.42 Å². The second-order valence-electron chi connectivity index (χ2n) is 12.6. The first-order valence-corrected chi connectivity index (χ1v) is 15.7. The molecule has 0 spiro atoms. The van der Waals surface area contributed by atoms with Crippen molar-refractivity contribution in [2.24, 2.45) is 0 Å². The largest absolute Gasteiger partial charge is 0.456 e. The van der Waals surface area contributed by atoms with Crippen LogP contribution >= 0.6 is 0 Å². The lowest BCUT2D eigenvalue weighted by molar-refractivity contribution is 0.660. The molecular weight excluding hydrogens is 560 g/mol. The van der Waals surface area contributed by atoms with E-state index < -0.39 is 0 Å². The molecule has 0 atom stereocenters. The quantitative estimate of drug-likeness (QED) is 0.205. The normalized spacial score (nSPS) is 13.2. The van der Waals surface area contributed by atoms with Crippen molar-refractivity contribution in [1.82, 2.24) is 9.97 Å². The third-order valence-electron chi connectivity index (χ3n) is 9.52. The van der Waals surface area contributed by atoms with Crippen LogP contribution in [0.5, 0.6) is 0 Å². The highest BCUT2D eigenvalue weighted by Gasteiger charge is 2.35. The van der Waals surface area contributed by atoms with E-state index in [1.807, 2.05) is 48.5 Å². The lowest BCUT2D eigenvalue weighted by Crippen LogP contribution is -2.14. The predicted octanol–water partition coefficient (Wildman–Crippen LogP) is 11.4. The van der Waals surface area contributed by atoms with E-state index >= 15 is 0 Å². The SMILES string of the molecule is CC1(C)c2ccccc2-c2ccc(-c3ccc4c(c3)oc3cccc(-c5nc(-c6ccccc6)cc(-c6ccccc6)n5)c34)cc21. The van der Waals surface area contributed by atoms with Crippen molar-refractivity contribution < 1.29 is 4.42 Å². The van der Waals surface area contributed by atoms with Crippen LogP contribution in [-0.2, 0) is 5.41 Å². The molecule has 0 bridgehead atoms. The minimum atomic E-state index is -0.0484. The number of rotatable bonds is 4. The van der Waals surface area contributed by atoms with Crippen LogP contribution in [0.15, 0.2) is 150 Å². The zero-order chi connectivity index (χ0) is 30.8. The second kappa shape index (κ2) is 10.1. The van der Waals surface area contributed by atoms with Crippen LogP contribution in [0.25, 0.3) is 78.1 Å². The molecule has 6 aromatic carbocycles. The molecule has 218 valence electrons. The molecule has 0 radical (unpaired) electrons. The van der Waals surface area contributed by atoms with Gasteiger partial charge in [0.1, 0.15) is 11.2 Å². The highest BCUT2D eigenvalue weighted by molar-refractivity contribution is 6.12. The summed E-state index contributed by atoms with van der Waals surface area (Å²) in [7, 11) is 0. The topological polar surface area (TPSA) is 38.9 Å². The summed E-state index contributed by atoms with van der Waals surface area (Å²) in [5.41, 5.74) is 14.2. The fourth-order valence-corrected chi connectivity index (χ4v) is 7.16. The molecule has 9 rings (SSSR count). The van der Waals surface area contributed by atoms with Crippen LogP contribution in [0.2, 0.25) is 0 Å². The first kappa shape index (κ1) is 26.6. The van der Waals surface area contributed by atoms with Crippen LogP contribution in [0.3, 0.4) is 0 Å². The third-order valence-corrected chi connectivity index (χ3v) is 9.52. The van der Waals surface area contributed by atoms with Crippen molar-refractivity contribution in [2.75, 3.05) is 0 Å². The van der Waals surface area contributed by atoms with Gasteiger partial charge in [0.25, 0.3) is 0 Å². The van der Waals surface area contributed by atoms with Crippen LogP contribution in [0.1, 0.15) is 25.0 Å². The van der Waals surface area contributed by atoms with E-state index in [4.69, 9.17) is 14.4 Å². The maximum atomic E-state index is 6.54. The molecule has 1 aliphatic carbocycles. The van der Waals surface area contributed by atoms with Crippen molar-refractivity contribution in [3.05, 3.63) is 157 Å². The summed E-state index contributed by atoms with van der Waals surface area (Å²) < 4.78 is 6.54. The molecule has 0 saturated carbocycles. The summed E-state index contributed by atoms with van der Waals surface area (Å²) in [4.78, 5) is 10.2. The van der Waals surface area contributed by atoms with Gasteiger partial charge in [-0.3, -0.25) is 0 Å². The van der Waals surface area contributed by atoms with Crippen molar-refractivity contribution >= 4 is 21.9 Å². The molecule has 0 amide bonds. The predicted molar refractivity (Wildman–Crippen MR) is 189 cm³/mol. The average Bonchev–Trinajstić information content (AvgIpc) is 3.60. The second-order valence-corrected chi connectivity index (χ2v) is 12.6. The van der Waals surface area contributed by atoms with Crippen molar-refractivity contribution in [2.45, 2.75) is 19.3 Å². The van der Waals surface area contributed by atoms with Gasteiger partial charge in [0, 0.05) is 32.9 Å². The van der Waals surface area contributed by atoms with Gasteiger partial charge >= 0.3 is 0 Å². The number of hydrogen-bond acceptors (Lipinski definition) is 3. The molecule has 1 aliphatic rings. The van der Waals surface area contributed by atoms with E-state index in [0.717, 1.165) is 55.6 Å². The molecule has 3 nitrogen and oxygen atoms in total. The Balaban J connectivity index is 1.19. The Hall–Kier alpha value is -5.80.